The molecule has 1 aliphatic heterocycles. The van der Waals surface area contributed by atoms with Crippen LogP contribution >= 0.6 is 34.8 Å². The van der Waals surface area contributed by atoms with Gasteiger partial charge in [-0.3, -0.25) is 14.5 Å². The first-order valence-electron chi connectivity index (χ1n) is 10.7. The van der Waals surface area contributed by atoms with Gasteiger partial charge < -0.3 is 0 Å². The highest BCUT2D eigenvalue weighted by Crippen LogP contribution is 2.41. The first-order valence-corrected chi connectivity index (χ1v) is 11.9. The van der Waals surface area contributed by atoms with Gasteiger partial charge >= 0.3 is 12.4 Å². The van der Waals surface area contributed by atoms with Crippen LogP contribution in [0.5, 0.6) is 0 Å². The van der Waals surface area contributed by atoms with Gasteiger partial charge in [0.05, 0.1) is 44.2 Å². The first-order chi connectivity index (χ1) is 17.7. The minimum atomic E-state index is -4.92. The SMILES string of the molecule is O=C1c2ccccc2C(=O)N1Cc1ccc(/C=C/C(c2cc(Cl)c(Cl)c(Cl)c2)C(F)(F)F)cc1C(F)(F)F. The van der Waals surface area contributed by atoms with Gasteiger partial charge in [-0.05, 0) is 47.0 Å². The fourth-order valence-electron chi connectivity index (χ4n) is 4.02. The Morgan fingerprint density at radius 2 is 1.37 bits per heavy atom. The maximum Gasteiger partial charge on any atom is 0.416 e. The lowest BCUT2D eigenvalue weighted by Gasteiger charge is -2.20. The summed E-state index contributed by atoms with van der Waals surface area (Å²) in [5, 5.41) is -0.562. The van der Waals surface area contributed by atoms with E-state index in [9.17, 15) is 35.9 Å². The number of fused-ring (bicyclic) bond motifs is 1. The number of hydrogen-bond donors (Lipinski definition) is 0. The zero-order chi connectivity index (χ0) is 28.0. The smallest absolute Gasteiger partial charge is 0.270 e. The molecule has 3 aromatic rings. The molecule has 0 fully saturated rings. The largest absolute Gasteiger partial charge is 0.416 e. The summed E-state index contributed by atoms with van der Waals surface area (Å²) in [6.07, 6.45) is -8.18. The molecule has 3 nitrogen and oxygen atoms in total. The van der Waals surface area contributed by atoms with Crippen molar-refractivity contribution in [2.75, 3.05) is 0 Å². The number of imide groups is 1. The van der Waals surface area contributed by atoms with Crippen molar-refractivity contribution in [3.05, 3.63) is 109 Å². The Hall–Kier alpha value is -3.01. The van der Waals surface area contributed by atoms with Crippen molar-refractivity contribution in [2.45, 2.75) is 24.8 Å². The molecule has 0 N–H and O–H groups in total. The molecule has 1 aliphatic rings. The summed E-state index contributed by atoms with van der Waals surface area (Å²) < 4.78 is 83.1. The van der Waals surface area contributed by atoms with E-state index in [4.69, 9.17) is 34.8 Å². The molecule has 0 spiro atoms. The predicted octanol–water partition coefficient (Wildman–Crippen LogP) is 8.82. The molecule has 12 heteroatoms. The number of allylic oxidation sites excluding steroid dienone is 1. The zero-order valence-corrected chi connectivity index (χ0v) is 21.1. The van der Waals surface area contributed by atoms with Crippen molar-refractivity contribution in [3.8, 4) is 0 Å². The fourth-order valence-corrected chi connectivity index (χ4v) is 4.64. The Bertz CT molecular complexity index is 1410. The predicted molar refractivity (Wildman–Crippen MR) is 131 cm³/mol. The monoisotopic (exact) mass is 591 g/mol. The van der Waals surface area contributed by atoms with Crippen molar-refractivity contribution < 1.29 is 35.9 Å². The highest BCUT2D eigenvalue weighted by molar-refractivity contribution is 6.48. The normalized spacial score (nSPS) is 14.9. The van der Waals surface area contributed by atoms with E-state index in [1.807, 2.05) is 0 Å². The third-order valence-corrected chi connectivity index (χ3v) is 7.04. The standard InChI is InChI=1S/C26H14Cl3F6NO2/c27-20-10-15(11-21(28)22(20)29)18(25(30,31)32)8-6-13-5-7-14(19(9-13)26(33,34)35)12-36-23(37)16-3-1-2-4-17(16)24(36)38/h1-11,18H,12H2/b8-6+. The van der Waals surface area contributed by atoms with Crippen molar-refractivity contribution in [1.29, 1.82) is 0 Å². The first kappa shape index (κ1) is 28.0. The van der Waals surface area contributed by atoms with Crippen molar-refractivity contribution in [3.63, 3.8) is 0 Å². The van der Waals surface area contributed by atoms with Crippen LogP contribution in [-0.4, -0.2) is 22.9 Å². The second kappa shape index (κ2) is 10.3. The van der Waals surface area contributed by atoms with Gasteiger partial charge in [-0.1, -0.05) is 71.2 Å². The van der Waals surface area contributed by atoms with Gasteiger partial charge in [-0.15, -0.1) is 0 Å². The van der Waals surface area contributed by atoms with Crippen LogP contribution in [0.4, 0.5) is 26.3 Å². The lowest BCUT2D eigenvalue weighted by molar-refractivity contribution is -0.140. The van der Waals surface area contributed by atoms with Crippen LogP contribution in [-0.2, 0) is 12.7 Å². The molecule has 4 rings (SSSR count). The number of alkyl halides is 6. The molecule has 1 heterocycles. The molecule has 3 aromatic carbocycles. The number of carbonyl (C=O) groups is 2. The number of amides is 2. The van der Waals surface area contributed by atoms with Gasteiger partial charge in [0.25, 0.3) is 11.8 Å². The van der Waals surface area contributed by atoms with Crippen LogP contribution in [0.3, 0.4) is 0 Å². The average molecular weight is 593 g/mol. The van der Waals surface area contributed by atoms with Crippen LogP contribution in [0.25, 0.3) is 6.08 Å². The summed E-state index contributed by atoms with van der Waals surface area (Å²) in [5.74, 6) is -3.73. The molecular formula is C26H14Cl3F6NO2. The van der Waals surface area contributed by atoms with Crippen LogP contribution in [0.2, 0.25) is 15.1 Å². The topological polar surface area (TPSA) is 37.4 Å². The van der Waals surface area contributed by atoms with E-state index < -0.39 is 47.8 Å². The molecule has 2 amide bonds. The van der Waals surface area contributed by atoms with Crippen molar-refractivity contribution >= 4 is 52.7 Å². The molecule has 0 aliphatic carbocycles. The maximum absolute atomic E-state index is 13.9. The summed E-state index contributed by atoms with van der Waals surface area (Å²) in [5.41, 5.74) is -1.99. The molecule has 198 valence electrons. The second-order valence-corrected chi connectivity index (χ2v) is 9.53. The minimum absolute atomic E-state index is 0.0752. The number of hydrogen-bond acceptors (Lipinski definition) is 2. The van der Waals surface area contributed by atoms with E-state index in [0.717, 1.165) is 30.3 Å². The van der Waals surface area contributed by atoms with Gasteiger partial charge in [0.1, 0.15) is 0 Å². The van der Waals surface area contributed by atoms with Crippen molar-refractivity contribution in [1.82, 2.24) is 4.90 Å². The molecule has 0 bridgehead atoms. The number of rotatable bonds is 5. The van der Waals surface area contributed by atoms with Crippen LogP contribution in [0.15, 0.2) is 60.7 Å². The lowest BCUT2D eigenvalue weighted by Crippen LogP contribution is -2.30. The maximum atomic E-state index is 13.9. The van der Waals surface area contributed by atoms with Gasteiger partial charge in [-0.25, -0.2) is 0 Å². The summed E-state index contributed by atoms with van der Waals surface area (Å²) in [6, 6.07) is 10.6. The van der Waals surface area contributed by atoms with E-state index in [0.29, 0.717) is 17.0 Å². The lowest BCUT2D eigenvalue weighted by atomic mass is 9.96. The number of halogens is 9. The Balaban J connectivity index is 1.68. The van der Waals surface area contributed by atoms with Gasteiger partial charge in [-0.2, -0.15) is 26.3 Å². The Labute approximate surface area is 227 Å². The van der Waals surface area contributed by atoms with Crippen molar-refractivity contribution in [2.24, 2.45) is 0 Å². The molecule has 0 radical (unpaired) electrons. The van der Waals surface area contributed by atoms with Crippen LogP contribution < -0.4 is 0 Å². The highest BCUT2D eigenvalue weighted by atomic mass is 35.5. The van der Waals surface area contributed by atoms with Crippen LogP contribution in [0, 0.1) is 0 Å². The number of carbonyl (C=O) groups excluding carboxylic acids is 2. The molecule has 0 saturated carbocycles. The molecule has 1 atom stereocenters. The molecule has 1 unspecified atom stereocenters. The second-order valence-electron chi connectivity index (χ2n) is 8.33. The van der Waals surface area contributed by atoms with E-state index in [1.54, 1.807) is 0 Å². The van der Waals surface area contributed by atoms with Gasteiger partial charge in [0.2, 0.25) is 0 Å². The van der Waals surface area contributed by atoms with E-state index >= 15 is 0 Å². The Morgan fingerprint density at radius 3 is 1.87 bits per heavy atom. The van der Waals surface area contributed by atoms with E-state index in [1.165, 1.54) is 24.3 Å². The molecule has 0 saturated heterocycles. The minimum Gasteiger partial charge on any atom is -0.270 e. The Kier molecular flexibility index (Phi) is 7.58. The summed E-state index contributed by atoms with van der Waals surface area (Å²) in [6.45, 7) is -0.669. The molecule has 0 aromatic heterocycles. The Morgan fingerprint density at radius 1 is 0.816 bits per heavy atom. The highest BCUT2D eigenvalue weighted by Gasteiger charge is 2.40. The zero-order valence-electron chi connectivity index (χ0n) is 18.8. The number of nitrogens with zero attached hydrogens (tertiary/aromatic N) is 1. The van der Waals surface area contributed by atoms with E-state index in [-0.39, 0.29) is 37.3 Å². The summed E-state index contributed by atoms with van der Waals surface area (Å²) >= 11 is 17.5. The third kappa shape index (κ3) is 5.55. The van der Waals surface area contributed by atoms with E-state index in [2.05, 4.69) is 0 Å². The fraction of sp³-hybridized carbons (Fsp3) is 0.154. The van der Waals surface area contributed by atoms with Gasteiger partial charge in [0, 0.05) is 0 Å². The summed E-state index contributed by atoms with van der Waals surface area (Å²) in [7, 11) is 0. The summed E-state index contributed by atoms with van der Waals surface area (Å²) in [4.78, 5) is 25.9. The number of benzene rings is 3. The molecule has 38 heavy (non-hydrogen) atoms. The van der Waals surface area contributed by atoms with Crippen LogP contribution in [0.1, 0.15) is 48.9 Å². The average Bonchev–Trinajstić information content (AvgIpc) is 3.07. The quantitative estimate of drug-likeness (QED) is 0.169. The van der Waals surface area contributed by atoms with Gasteiger partial charge in [0.15, 0.2) is 0 Å². The molecular weight excluding hydrogens is 579 g/mol. The third-order valence-electron chi connectivity index (χ3n) is 5.85.